The average Bonchev–Trinajstić information content (AvgIpc) is 2.60. The summed E-state index contributed by atoms with van der Waals surface area (Å²) in [7, 11) is 1.63. The Kier molecular flexibility index (Phi) is 4.52. The van der Waals surface area contributed by atoms with Crippen molar-refractivity contribution in [2.45, 2.75) is 13.0 Å². The number of para-hydroxylation sites is 2. The lowest BCUT2D eigenvalue weighted by Crippen LogP contribution is -2.24. The molecule has 1 aromatic heterocycles. The number of methoxy groups -OCH3 is 1. The molecule has 116 valence electrons. The van der Waals surface area contributed by atoms with Crippen molar-refractivity contribution in [3.8, 4) is 5.75 Å². The minimum atomic E-state index is -0.0333. The molecule has 1 amide bonds. The zero-order valence-corrected chi connectivity index (χ0v) is 13.0. The molecule has 3 rings (SSSR count). The van der Waals surface area contributed by atoms with Crippen molar-refractivity contribution in [1.29, 1.82) is 0 Å². The predicted molar refractivity (Wildman–Crippen MR) is 90.3 cm³/mol. The number of carbonyl (C=O) groups is 1. The molecule has 1 N–H and O–H groups in total. The number of nitrogens with one attached hydrogen (secondary N) is 1. The molecule has 4 nitrogen and oxygen atoms in total. The van der Waals surface area contributed by atoms with Crippen molar-refractivity contribution in [3.63, 3.8) is 0 Å². The SMILES string of the molecule is COc1ccccc1CNC(=O)Cc1cccc2cccnc12. The summed E-state index contributed by atoms with van der Waals surface area (Å²) in [6, 6.07) is 17.5. The highest BCUT2D eigenvalue weighted by Gasteiger charge is 2.09. The third-order valence-electron chi connectivity index (χ3n) is 3.74. The number of hydrogen-bond acceptors (Lipinski definition) is 3. The molecule has 0 saturated heterocycles. The number of amides is 1. The van der Waals surface area contributed by atoms with Gasteiger partial charge in [0, 0.05) is 23.7 Å². The summed E-state index contributed by atoms with van der Waals surface area (Å²) in [5.74, 6) is 0.744. The zero-order chi connectivity index (χ0) is 16.1. The molecule has 3 aromatic rings. The van der Waals surface area contributed by atoms with Crippen molar-refractivity contribution in [3.05, 3.63) is 71.9 Å². The van der Waals surface area contributed by atoms with Gasteiger partial charge in [-0.2, -0.15) is 0 Å². The van der Waals surface area contributed by atoms with Gasteiger partial charge in [0.15, 0.2) is 0 Å². The summed E-state index contributed by atoms with van der Waals surface area (Å²) in [5, 5.41) is 3.98. The van der Waals surface area contributed by atoms with Crippen LogP contribution >= 0.6 is 0 Å². The number of nitrogens with zero attached hydrogens (tertiary/aromatic N) is 1. The largest absolute Gasteiger partial charge is 0.496 e. The second kappa shape index (κ2) is 6.92. The predicted octanol–water partition coefficient (Wildman–Crippen LogP) is 3.10. The molecule has 1 heterocycles. The van der Waals surface area contributed by atoms with Gasteiger partial charge in [-0.3, -0.25) is 9.78 Å². The average molecular weight is 306 g/mol. The van der Waals surface area contributed by atoms with E-state index in [9.17, 15) is 4.79 Å². The van der Waals surface area contributed by atoms with Crippen LogP contribution in [0.15, 0.2) is 60.8 Å². The Balaban J connectivity index is 1.69. The van der Waals surface area contributed by atoms with E-state index in [1.165, 1.54) is 0 Å². The van der Waals surface area contributed by atoms with E-state index >= 15 is 0 Å². The molecule has 0 aliphatic rings. The van der Waals surface area contributed by atoms with Gasteiger partial charge in [-0.15, -0.1) is 0 Å². The molecule has 2 aromatic carbocycles. The van der Waals surface area contributed by atoms with Crippen LogP contribution < -0.4 is 10.1 Å². The van der Waals surface area contributed by atoms with E-state index in [2.05, 4.69) is 10.3 Å². The molecule has 0 atom stereocenters. The topological polar surface area (TPSA) is 51.2 Å². The first-order valence-corrected chi connectivity index (χ1v) is 7.49. The monoisotopic (exact) mass is 306 g/mol. The van der Waals surface area contributed by atoms with Gasteiger partial charge in [-0.25, -0.2) is 0 Å². The molecule has 0 fully saturated rings. The normalized spacial score (nSPS) is 10.5. The van der Waals surface area contributed by atoms with E-state index < -0.39 is 0 Å². The number of benzene rings is 2. The van der Waals surface area contributed by atoms with E-state index in [1.807, 2.05) is 54.6 Å². The standard InChI is InChI=1S/C19H18N2O2/c1-23-17-10-3-2-6-16(17)13-21-18(22)12-15-8-4-7-14-9-5-11-20-19(14)15/h2-11H,12-13H2,1H3,(H,21,22). The second-order valence-electron chi connectivity index (χ2n) is 5.26. The first-order valence-electron chi connectivity index (χ1n) is 7.49. The minimum absolute atomic E-state index is 0.0333. The lowest BCUT2D eigenvalue weighted by molar-refractivity contribution is -0.120. The molecule has 0 unspecified atom stereocenters. The molecule has 0 aliphatic heterocycles. The van der Waals surface area contributed by atoms with Gasteiger partial charge >= 0.3 is 0 Å². The van der Waals surface area contributed by atoms with E-state index in [0.29, 0.717) is 13.0 Å². The van der Waals surface area contributed by atoms with Crippen molar-refractivity contribution in [1.82, 2.24) is 10.3 Å². The molecule has 0 spiro atoms. The van der Waals surface area contributed by atoms with Gasteiger partial charge < -0.3 is 10.1 Å². The Bertz CT molecular complexity index is 825. The van der Waals surface area contributed by atoms with Crippen LogP contribution in [0.1, 0.15) is 11.1 Å². The van der Waals surface area contributed by atoms with Gasteiger partial charge in [0.25, 0.3) is 0 Å². The van der Waals surface area contributed by atoms with Gasteiger partial charge in [0.05, 0.1) is 19.0 Å². The van der Waals surface area contributed by atoms with E-state index in [4.69, 9.17) is 4.74 Å². The fourth-order valence-corrected chi connectivity index (χ4v) is 2.59. The lowest BCUT2D eigenvalue weighted by Gasteiger charge is -2.10. The van der Waals surface area contributed by atoms with E-state index in [-0.39, 0.29) is 5.91 Å². The highest BCUT2D eigenvalue weighted by Crippen LogP contribution is 2.18. The maximum absolute atomic E-state index is 12.2. The van der Waals surface area contributed by atoms with E-state index in [1.54, 1.807) is 13.3 Å². The molecule has 0 saturated carbocycles. The Labute approximate surface area is 135 Å². The fourth-order valence-electron chi connectivity index (χ4n) is 2.59. The van der Waals surface area contributed by atoms with Gasteiger partial charge in [0.2, 0.25) is 5.91 Å². The molecule has 0 bridgehead atoms. The summed E-state index contributed by atoms with van der Waals surface area (Å²) < 4.78 is 5.29. The van der Waals surface area contributed by atoms with Crippen LogP contribution in [-0.4, -0.2) is 18.0 Å². The number of fused-ring (bicyclic) bond motifs is 1. The summed E-state index contributed by atoms with van der Waals surface area (Å²) in [4.78, 5) is 16.6. The Morgan fingerprint density at radius 3 is 2.70 bits per heavy atom. The molecular formula is C19H18N2O2. The zero-order valence-electron chi connectivity index (χ0n) is 13.0. The lowest BCUT2D eigenvalue weighted by atomic mass is 10.1. The first-order chi connectivity index (χ1) is 11.3. The summed E-state index contributed by atoms with van der Waals surface area (Å²) in [6.07, 6.45) is 2.06. The van der Waals surface area contributed by atoms with Crippen LogP contribution in [0.3, 0.4) is 0 Å². The Morgan fingerprint density at radius 2 is 1.83 bits per heavy atom. The van der Waals surface area contributed by atoms with Crippen LogP contribution in [0.5, 0.6) is 5.75 Å². The van der Waals surface area contributed by atoms with Crippen molar-refractivity contribution >= 4 is 16.8 Å². The smallest absolute Gasteiger partial charge is 0.224 e. The van der Waals surface area contributed by atoms with Gasteiger partial charge in [0.1, 0.15) is 5.75 Å². The first kappa shape index (κ1) is 15.0. The highest BCUT2D eigenvalue weighted by atomic mass is 16.5. The van der Waals surface area contributed by atoms with Crippen LogP contribution in [0.25, 0.3) is 10.9 Å². The number of carbonyl (C=O) groups excluding carboxylic acids is 1. The number of hydrogen-bond donors (Lipinski definition) is 1. The van der Waals surface area contributed by atoms with Crippen LogP contribution in [-0.2, 0) is 17.8 Å². The number of aromatic nitrogens is 1. The van der Waals surface area contributed by atoms with Gasteiger partial charge in [-0.05, 0) is 17.7 Å². The number of pyridine rings is 1. The van der Waals surface area contributed by atoms with Crippen LogP contribution in [0.2, 0.25) is 0 Å². The Morgan fingerprint density at radius 1 is 1.04 bits per heavy atom. The fraction of sp³-hybridized carbons (Fsp3) is 0.158. The summed E-state index contributed by atoms with van der Waals surface area (Å²) >= 11 is 0. The maximum atomic E-state index is 12.2. The molecular weight excluding hydrogens is 288 g/mol. The number of rotatable bonds is 5. The second-order valence-corrected chi connectivity index (χ2v) is 5.26. The van der Waals surface area contributed by atoms with Crippen molar-refractivity contribution in [2.75, 3.05) is 7.11 Å². The summed E-state index contributed by atoms with van der Waals surface area (Å²) in [5.41, 5.74) is 2.77. The quantitative estimate of drug-likeness (QED) is 0.788. The number of ether oxygens (including phenoxy) is 1. The molecule has 4 heteroatoms. The summed E-state index contributed by atoms with van der Waals surface area (Å²) in [6.45, 7) is 0.445. The van der Waals surface area contributed by atoms with Crippen molar-refractivity contribution < 1.29 is 9.53 Å². The Hall–Kier alpha value is -2.88. The minimum Gasteiger partial charge on any atom is -0.496 e. The molecule has 0 radical (unpaired) electrons. The van der Waals surface area contributed by atoms with Crippen molar-refractivity contribution in [2.24, 2.45) is 0 Å². The van der Waals surface area contributed by atoms with Gasteiger partial charge in [-0.1, -0.05) is 42.5 Å². The third kappa shape index (κ3) is 3.48. The third-order valence-corrected chi connectivity index (χ3v) is 3.74. The molecule has 0 aliphatic carbocycles. The maximum Gasteiger partial charge on any atom is 0.224 e. The highest BCUT2D eigenvalue weighted by molar-refractivity contribution is 5.87. The van der Waals surface area contributed by atoms with Crippen LogP contribution in [0.4, 0.5) is 0 Å². The van der Waals surface area contributed by atoms with Crippen LogP contribution in [0, 0.1) is 0 Å². The van der Waals surface area contributed by atoms with E-state index in [0.717, 1.165) is 27.8 Å². The molecule has 23 heavy (non-hydrogen) atoms.